The van der Waals surface area contributed by atoms with Crippen LogP contribution in [0.1, 0.15) is 49.1 Å². The number of hydrogen-bond acceptors (Lipinski definition) is 4. The number of carbonyl (C=O) groups excluding carboxylic acids is 1. The van der Waals surface area contributed by atoms with E-state index in [1.165, 1.54) is 0 Å². The molecule has 2 atom stereocenters. The van der Waals surface area contributed by atoms with E-state index in [0.717, 1.165) is 37.4 Å². The zero-order valence-corrected chi connectivity index (χ0v) is 15.9. The number of halogens is 2. The lowest BCUT2D eigenvalue weighted by Crippen LogP contribution is -2.45. The van der Waals surface area contributed by atoms with Gasteiger partial charge in [0.05, 0.1) is 5.01 Å². The minimum atomic E-state index is 0. The highest BCUT2D eigenvalue weighted by molar-refractivity contribution is 7.09. The molecule has 1 aromatic heterocycles. The number of piperidine rings is 1. The minimum absolute atomic E-state index is 0. The molecule has 0 saturated carbocycles. The van der Waals surface area contributed by atoms with Gasteiger partial charge in [-0.3, -0.25) is 4.79 Å². The summed E-state index contributed by atoms with van der Waals surface area (Å²) in [6, 6.07) is 0.150. The van der Waals surface area contributed by atoms with Crippen molar-refractivity contribution >= 4 is 42.1 Å². The average molecular weight is 368 g/mol. The first-order valence-corrected chi connectivity index (χ1v) is 8.34. The lowest BCUT2D eigenvalue weighted by atomic mass is 9.92. The van der Waals surface area contributed by atoms with Gasteiger partial charge in [0.1, 0.15) is 5.69 Å². The van der Waals surface area contributed by atoms with Crippen molar-refractivity contribution in [2.75, 3.05) is 13.1 Å². The Morgan fingerprint density at radius 2 is 2.14 bits per heavy atom. The molecule has 2 unspecified atom stereocenters. The third kappa shape index (κ3) is 5.69. The van der Waals surface area contributed by atoms with E-state index in [9.17, 15) is 4.79 Å². The van der Waals surface area contributed by atoms with E-state index < -0.39 is 0 Å². The third-order valence-corrected chi connectivity index (χ3v) is 4.71. The van der Waals surface area contributed by atoms with Crippen LogP contribution >= 0.6 is 36.2 Å². The molecule has 0 aliphatic carbocycles. The first kappa shape index (κ1) is 21.6. The van der Waals surface area contributed by atoms with E-state index in [2.05, 4.69) is 18.8 Å². The van der Waals surface area contributed by atoms with E-state index in [0.29, 0.717) is 17.5 Å². The molecule has 1 amide bonds. The largest absolute Gasteiger partial charge is 0.337 e. The van der Waals surface area contributed by atoms with Crippen molar-refractivity contribution in [2.45, 2.75) is 46.1 Å². The van der Waals surface area contributed by atoms with Gasteiger partial charge in [0.25, 0.3) is 5.91 Å². The minimum Gasteiger partial charge on any atom is -0.337 e. The van der Waals surface area contributed by atoms with Crippen molar-refractivity contribution in [3.05, 3.63) is 16.1 Å². The van der Waals surface area contributed by atoms with E-state index in [4.69, 9.17) is 5.73 Å². The smallest absolute Gasteiger partial charge is 0.273 e. The summed E-state index contributed by atoms with van der Waals surface area (Å²) in [7, 11) is 0. The molecule has 128 valence electrons. The molecule has 7 heteroatoms. The van der Waals surface area contributed by atoms with Crippen LogP contribution in [0.3, 0.4) is 0 Å². The lowest BCUT2D eigenvalue weighted by molar-refractivity contribution is 0.0655. The van der Waals surface area contributed by atoms with Crippen molar-refractivity contribution in [3.8, 4) is 0 Å². The quantitative estimate of drug-likeness (QED) is 0.886. The Hall–Kier alpha value is -0.360. The molecule has 1 fully saturated rings. The number of carbonyl (C=O) groups is 1. The first-order valence-electron chi connectivity index (χ1n) is 7.46. The number of likely N-dealkylation sites (tertiary alicyclic amines) is 1. The Balaban J connectivity index is 0.00000220. The van der Waals surface area contributed by atoms with Gasteiger partial charge in [0.15, 0.2) is 0 Å². The normalized spacial score (nSPS) is 19.3. The maximum Gasteiger partial charge on any atom is 0.273 e. The molecule has 2 heterocycles. The second-order valence-electron chi connectivity index (χ2n) is 6.24. The topological polar surface area (TPSA) is 59.2 Å². The van der Waals surface area contributed by atoms with Crippen molar-refractivity contribution in [3.63, 3.8) is 0 Å². The molecular formula is C15H27Cl2N3OS. The molecule has 4 nitrogen and oxygen atoms in total. The van der Waals surface area contributed by atoms with Crippen LogP contribution in [-0.2, 0) is 6.42 Å². The number of hydrogen-bond donors (Lipinski definition) is 1. The molecule has 0 aromatic carbocycles. The van der Waals surface area contributed by atoms with E-state index in [-0.39, 0.29) is 36.8 Å². The Kier molecular flexibility index (Phi) is 9.55. The third-order valence-electron chi connectivity index (χ3n) is 3.84. The second-order valence-corrected chi connectivity index (χ2v) is 7.18. The summed E-state index contributed by atoms with van der Waals surface area (Å²) in [6.07, 6.45) is 3.11. The second kappa shape index (κ2) is 9.71. The van der Waals surface area contributed by atoms with Gasteiger partial charge < -0.3 is 10.6 Å². The van der Waals surface area contributed by atoms with Gasteiger partial charge in [0.2, 0.25) is 0 Å². The molecule has 0 spiro atoms. The molecule has 2 N–H and O–H groups in total. The number of thiazole rings is 1. The Morgan fingerprint density at radius 3 is 2.73 bits per heavy atom. The highest BCUT2D eigenvalue weighted by Gasteiger charge is 2.27. The molecule has 0 radical (unpaired) electrons. The highest BCUT2D eigenvalue weighted by atomic mass is 35.5. The van der Waals surface area contributed by atoms with E-state index in [1.807, 2.05) is 17.2 Å². The fourth-order valence-electron chi connectivity index (χ4n) is 2.64. The first-order chi connectivity index (χ1) is 9.47. The van der Waals surface area contributed by atoms with Crippen LogP contribution in [0.25, 0.3) is 0 Å². The summed E-state index contributed by atoms with van der Waals surface area (Å²) in [4.78, 5) is 18.9. The van der Waals surface area contributed by atoms with E-state index in [1.54, 1.807) is 11.3 Å². The summed E-state index contributed by atoms with van der Waals surface area (Å²) in [5.74, 6) is 1.06. The Bertz CT molecular complexity index is 465. The predicted octanol–water partition coefficient (Wildman–Crippen LogP) is 3.38. The lowest BCUT2D eigenvalue weighted by Gasteiger charge is -2.34. The van der Waals surface area contributed by atoms with Gasteiger partial charge in [-0.1, -0.05) is 13.8 Å². The fraction of sp³-hybridized carbons (Fsp3) is 0.733. The number of nitrogens with two attached hydrogens (primary N) is 1. The summed E-state index contributed by atoms with van der Waals surface area (Å²) >= 11 is 1.59. The van der Waals surface area contributed by atoms with Crippen LogP contribution in [0.15, 0.2) is 5.38 Å². The maximum atomic E-state index is 12.5. The van der Waals surface area contributed by atoms with Crippen LogP contribution in [0.5, 0.6) is 0 Å². The standard InChI is InChI=1S/C15H25N3OS.2ClH/c1-10(2)7-14-17-13(9-20-14)15(19)18-6-4-5-12(8-18)11(3)16;;/h9-12H,4-8,16H2,1-3H3;2*1H. The van der Waals surface area contributed by atoms with Crippen LogP contribution in [0.2, 0.25) is 0 Å². The summed E-state index contributed by atoms with van der Waals surface area (Å²) in [5, 5.41) is 2.96. The number of rotatable bonds is 4. The van der Waals surface area contributed by atoms with Crippen LogP contribution in [0.4, 0.5) is 0 Å². The predicted molar refractivity (Wildman–Crippen MR) is 97.4 cm³/mol. The average Bonchev–Trinajstić information content (AvgIpc) is 2.85. The summed E-state index contributed by atoms with van der Waals surface area (Å²) in [5.41, 5.74) is 6.58. The summed E-state index contributed by atoms with van der Waals surface area (Å²) in [6.45, 7) is 7.97. The highest BCUT2D eigenvalue weighted by Crippen LogP contribution is 2.22. The van der Waals surface area contributed by atoms with Gasteiger partial charge in [0, 0.05) is 30.9 Å². The maximum absolute atomic E-state index is 12.5. The van der Waals surface area contributed by atoms with Crippen molar-refractivity contribution in [1.82, 2.24) is 9.88 Å². The summed E-state index contributed by atoms with van der Waals surface area (Å²) < 4.78 is 0. The molecule has 2 rings (SSSR count). The Labute approximate surface area is 149 Å². The number of amides is 1. The fourth-order valence-corrected chi connectivity index (χ4v) is 3.62. The van der Waals surface area contributed by atoms with Crippen LogP contribution in [0, 0.1) is 11.8 Å². The SMILES string of the molecule is CC(C)Cc1nc(C(=O)N2CCCC(C(C)N)C2)cs1.Cl.Cl. The van der Waals surface area contributed by atoms with Gasteiger partial charge in [-0.05, 0) is 31.6 Å². The molecule has 0 bridgehead atoms. The number of aromatic nitrogens is 1. The van der Waals surface area contributed by atoms with Crippen molar-refractivity contribution < 1.29 is 4.79 Å². The monoisotopic (exact) mass is 367 g/mol. The van der Waals surface area contributed by atoms with Gasteiger partial charge >= 0.3 is 0 Å². The zero-order valence-electron chi connectivity index (χ0n) is 13.4. The molecule has 1 aliphatic heterocycles. The molecule has 1 saturated heterocycles. The van der Waals surface area contributed by atoms with Gasteiger partial charge in [-0.2, -0.15) is 0 Å². The zero-order chi connectivity index (χ0) is 14.7. The molecular weight excluding hydrogens is 341 g/mol. The number of nitrogens with zero attached hydrogens (tertiary/aromatic N) is 2. The molecule has 1 aliphatic rings. The van der Waals surface area contributed by atoms with Crippen molar-refractivity contribution in [2.24, 2.45) is 17.6 Å². The van der Waals surface area contributed by atoms with Crippen LogP contribution in [-0.4, -0.2) is 34.9 Å². The van der Waals surface area contributed by atoms with Gasteiger partial charge in [-0.25, -0.2) is 4.98 Å². The molecule has 22 heavy (non-hydrogen) atoms. The van der Waals surface area contributed by atoms with Crippen LogP contribution < -0.4 is 5.73 Å². The van der Waals surface area contributed by atoms with Gasteiger partial charge in [-0.15, -0.1) is 36.2 Å². The van der Waals surface area contributed by atoms with E-state index >= 15 is 0 Å². The molecule has 1 aromatic rings. The Morgan fingerprint density at radius 1 is 1.45 bits per heavy atom. The van der Waals surface area contributed by atoms with Crippen molar-refractivity contribution in [1.29, 1.82) is 0 Å².